The second-order valence-corrected chi connectivity index (χ2v) is 5.39. The minimum absolute atomic E-state index is 0.0356. The molecule has 0 radical (unpaired) electrons. The van der Waals surface area contributed by atoms with Crippen LogP contribution in [0.2, 0.25) is 0 Å². The average molecular weight is 297 g/mol. The molecule has 114 valence electrons. The SMILES string of the molecule is CN1CCN(C(=O)c2ccnc(Oc3ccccc3)c2)CC1. The van der Waals surface area contributed by atoms with E-state index >= 15 is 0 Å². The third-order valence-electron chi connectivity index (χ3n) is 3.74. The molecule has 2 aromatic rings. The number of hydrogen-bond acceptors (Lipinski definition) is 4. The van der Waals surface area contributed by atoms with E-state index < -0.39 is 0 Å². The van der Waals surface area contributed by atoms with Crippen molar-refractivity contribution in [3.05, 3.63) is 54.2 Å². The van der Waals surface area contributed by atoms with E-state index in [1.54, 1.807) is 18.3 Å². The van der Waals surface area contributed by atoms with Gasteiger partial charge in [0.1, 0.15) is 5.75 Å². The predicted molar refractivity (Wildman–Crippen MR) is 84.2 cm³/mol. The molecule has 0 unspecified atom stereocenters. The highest BCUT2D eigenvalue weighted by atomic mass is 16.5. The van der Waals surface area contributed by atoms with Crippen LogP contribution in [-0.4, -0.2) is 53.9 Å². The summed E-state index contributed by atoms with van der Waals surface area (Å²) in [6, 6.07) is 12.9. The summed E-state index contributed by atoms with van der Waals surface area (Å²) < 4.78 is 5.68. The van der Waals surface area contributed by atoms with Crippen molar-refractivity contribution in [2.75, 3.05) is 33.2 Å². The molecule has 22 heavy (non-hydrogen) atoms. The van der Waals surface area contributed by atoms with Gasteiger partial charge in [-0.15, -0.1) is 0 Å². The van der Waals surface area contributed by atoms with Gasteiger partial charge in [-0.25, -0.2) is 4.98 Å². The Balaban J connectivity index is 1.72. The lowest BCUT2D eigenvalue weighted by molar-refractivity contribution is 0.0663. The third kappa shape index (κ3) is 3.43. The fourth-order valence-corrected chi connectivity index (χ4v) is 2.40. The Kier molecular flexibility index (Phi) is 4.34. The maximum absolute atomic E-state index is 12.5. The van der Waals surface area contributed by atoms with Crippen molar-refractivity contribution in [1.82, 2.24) is 14.8 Å². The molecular formula is C17H19N3O2. The van der Waals surface area contributed by atoms with E-state index in [9.17, 15) is 4.79 Å². The van der Waals surface area contributed by atoms with Gasteiger partial charge in [-0.2, -0.15) is 0 Å². The highest BCUT2D eigenvalue weighted by Crippen LogP contribution is 2.20. The fraction of sp³-hybridized carbons (Fsp3) is 0.294. The van der Waals surface area contributed by atoms with Crippen molar-refractivity contribution in [3.63, 3.8) is 0 Å². The molecule has 3 rings (SSSR count). The van der Waals surface area contributed by atoms with Crippen LogP contribution in [0.1, 0.15) is 10.4 Å². The second-order valence-electron chi connectivity index (χ2n) is 5.39. The number of carbonyl (C=O) groups excluding carboxylic acids is 1. The molecule has 0 atom stereocenters. The molecule has 1 saturated heterocycles. The lowest BCUT2D eigenvalue weighted by Crippen LogP contribution is -2.47. The summed E-state index contributed by atoms with van der Waals surface area (Å²) in [5.74, 6) is 1.18. The molecule has 5 heteroatoms. The van der Waals surface area contributed by atoms with Gasteiger partial charge in [0.25, 0.3) is 5.91 Å². The Morgan fingerprint density at radius 3 is 2.55 bits per heavy atom. The number of nitrogens with zero attached hydrogens (tertiary/aromatic N) is 3. The van der Waals surface area contributed by atoms with Gasteiger partial charge in [-0.05, 0) is 25.2 Å². The van der Waals surface area contributed by atoms with Crippen LogP contribution in [0.15, 0.2) is 48.7 Å². The van der Waals surface area contributed by atoms with Gasteiger partial charge in [-0.1, -0.05) is 18.2 Å². The molecule has 1 aromatic carbocycles. The summed E-state index contributed by atoms with van der Waals surface area (Å²) in [6.45, 7) is 3.33. The molecule has 0 aliphatic carbocycles. The maximum atomic E-state index is 12.5. The number of amides is 1. The Morgan fingerprint density at radius 1 is 1.09 bits per heavy atom. The third-order valence-corrected chi connectivity index (χ3v) is 3.74. The predicted octanol–water partition coefficient (Wildman–Crippen LogP) is 2.26. The lowest BCUT2D eigenvalue weighted by Gasteiger charge is -2.32. The van der Waals surface area contributed by atoms with Crippen molar-refractivity contribution in [3.8, 4) is 11.6 Å². The molecule has 1 aromatic heterocycles. The zero-order chi connectivity index (χ0) is 15.4. The van der Waals surface area contributed by atoms with E-state index in [2.05, 4.69) is 16.9 Å². The second kappa shape index (κ2) is 6.58. The summed E-state index contributed by atoms with van der Waals surface area (Å²) in [4.78, 5) is 20.8. The summed E-state index contributed by atoms with van der Waals surface area (Å²) in [7, 11) is 2.07. The Morgan fingerprint density at radius 2 is 1.82 bits per heavy atom. The molecule has 1 fully saturated rings. The number of likely N-dealkylation sites (N-methyl/N-ethyl adjacent to an activating group) is 1. The molecule has 0 spiro atoms. The monoisotopic (exact) mass is 297 g/mol. The van der Waals surface area contributed by atoms with Crippen molar-refractivity contribution < 1.29 is 9.53 Å². The van der Waals surface area contributed by atoms with Gasteiger partial charge in [0.2, 0.25) is 5.88 Å². The molecule has 0 saturated carbocycles. The van der Waals surface area contributed by atoms with Crippen molar-refractivity contribution in [2.45, 2.75) is 0 Å². The van der Waals surface area contributed by atoms with E-state index in [-0.39, 0.29) is 5.91 Å². The number of carbonyl (C=O) groups is 1. The first kappa shape index (κ1) is 14.5. The first-order chi connectivity index (χ1) is 10.7. The largest absolute Gasteiger partial charge is 0.439 e. The van der Waals surface area contributed by atoms with Crippen LogP contribution in [0, 0.1) is 0 Å². The molecule has 1 aliphatic rings. The van der Waals surface area contributed by atoms with Gasteiger partial charge < -0.3 is 14.5 Å². The van der Waals surface area contributed by atoms with E-state index in [1.807, 2.05) is 35.2 Å². The summed E-state index contributed by atoms with van der Waals surface area (Å²) in [6.07, 6.45) is 1.61. The van der Waals surface area contributed by atoms with Gasteiger partial charge in [0, 0.05) is 44.0 Å². The van der Waals surface area contributed by atoms with Gasteiger partial charge in [0.05, 0.1) is 0 Å². The van der Waals surface area contributed by atoms with Crippen LogP contribution in [0.25, 0.3) is 0 Å². The molecule has 1 aliphatic heterocycles. The zero-order valence-electron chi connectivity index (χ0n) is 12.6. The number of rotatable bonds is 3. The average Bonchev–Trinajstić information content (AvgIpc) is 2.56. The van der Waals surface area contributed by atoms with Gasteiger partial charge in [-0.3, -0.25) is 4.79 Å². The fourth-order valence-electron chi connectivity index (χ4n) is 2.40. The Labute approximate surface area is 130 Å². The van der Waals surface area contributed by atoms with E-state index in [1.165, 1.54) is 0 Å². The minimum atomic E-state index is 0.0356. The van der Waals surface area contributed by atoms with Crippen LogP contribution in [0.4, 0.5) is 0 Å². The number of pyridine rings is 1. The standard InChI is InChI=1S/C17H19N3O2/c1-19-9-11-20(12-10-19)17(21)14-7-8-18-16(13-14)22-15-5-3-2-4-6-15/h2-8,13H,9-12H2,1H3. The minimum Gasteiger partial charge on any atom is -0.439 e. The van der Waals surface area contributed by atoms with Crippen molar-refractivity contribution in [2.24, 2.45) is 0 Å². The summed E-state index contributed by atoms with van der Waals surface area (Å²) in [5, 5.41) is 0. The van der Waals surface area contributed by atoms with Crippen LogP contribution >= 0.6 is 0 Å². The first-order valence-electron chi connectivity index (χ1n) is 7.39. The number of ether oxygens (including phenoxy) is 1. The summed E-state index contributed by atoms with van der Waals surface area (Å²) >= 11 is 0. The highest BCUT2D eigenvalue weighted by molar-refractivity contribution is 5.94. The van der Waals surface area contributed by atoms with Crippen molar-refractivity contribution >= 4 is 5.91 Å². The zero-order valence-corrected chi connectivity index (χ0v) is 12.6. The smallest absolute Gasteiger partial charge is 0.254 e. The lowest BCUT2D eigenvalue weighted by atomic mass is 10.2. The van der Waals surface area contributed by atoms with E-state index in [0.717, 1.165) is 26.2 Å². The Bertz CT molecular complexity index is 637. The summed E-state index contributed by atoms with van der Waals surface area (Å²) in [5.41, 5.74) is 0.616. The molecule has 2 heterocycles. The Hall–Kier alpha value is -2.40. The maximum Gasteiger partial charge on any atom is 0.254 e. The normalized spacial score (nSPS) is 15.6. The highest BCUT2D eigenvalue weighted by Gasteiger charge is 2.20. The van der Waals surface area contributed by atoms with Gasteiger partial charge in [0.15, 0.2) is 0 Å². The number of benzene rings is 1. The van der Waals surface area contributed by atoms with E-state index in [0.29, 0.717) is 17.2 Å². The molecule has 5 nitrogen and oxygen atoms in total. The van der Waals surface area contributed by atoms with E-state index in [4.69, 9.17) is 4.74 Å². The number of hydrogen-bond donors (Lipinski definition) is 0. The quantitative estimate of drug-likeness (QED) is 0.872. The number of aromatic nitrogens is 1. The first-order valence-corrected chi connectivity index (χ1v) is 7.39. The van der Waals surface area contributed by atoms with Crippen LogP contribution < -0.4 is 4.74 Å². The van der Waals surface area contributed by atoms with Crippen molar-refractivity contribution in [1.29, 1.82) is 0 Å². The van der Waals surface area contributed by atoms with Crippen LogP contribution in [0.5, 0.6) is 11.6 Å². The number of piperazine rings is 1. The van der Waals surface area contributed by atoms with Crippen LogP contribution in [0.3, 0.4) is 0 Å². The number of para-hydroxylation sites is 1. The topological polar surface area (TPSA) is 45.7 Å². The molecule has 1 amide bonds. The van der Waals surface area contributed by atoms with Crippen LogP contribution in [-0.2, 0) is 0 Å². The molecule has 0 bridgehead atoms. The molecular weight excluding hydrogens is 278 g/mol. The van der Waals surface area contributed by atoms with Gasteiger partial charge >= 0.3 is 0 Å². The molecule has 0 N–H and O–H groups in total.